The number of aliphatic hydroxyl groups is 3. The van der Waals surface area contributed by atoms with E-state index in [2.05, 4.69) is 16.2 Å². The van der Waals surface area contributed by atoms with Gasteiger partial charge in [-0.2, -0.15) is 0 Å². The third kappa shape index (κ3) is 17.2. The van der Waals surface area contributed by atoms with Gasteiger partial charge in [0.15, 0.2) is 36.3 Å². The number of methoxy groups -OCH3 is 4. The first-order valence-corrected chi connectivity index (χ1v) is 28.1. The molecule has 3 fully saturated rings. The number of hydrogen-bond donors (Lipinski definition) is 6. The second-order valence-corrected chi connectivity index (χ2v) is 23.2. The lowest BCUT2D eigenvalue weighted by Gasteiger charge is -2.49. The molecule has 18 atom stereocenters. The SMILES string of the molecule is CC[C@H]1OC(=O)[C@@H](C)[C@H](O[C@@H]2C[C@](C)(OC)[C@H](OC(=O)NNC(=O)/C=C/c3ccc(OC)c(OC)c3)[C@@H](C)O2)[C@H](C)[C@H](O[C@H]2O[C@@H](C)C[C@@H](N(C)C)[C@@H]2O)[C@@](C)(O)C[C@H](C)CN(C)[C@@H](C)[C@H](OC(=O)NCc2ccc(OC)cc2)[C@@]1(C)O. The number of amides is 3. The van der Waals surface area contributed by atoms with Crippen molar-refractivity contribution in [1.82, 2.24) is 26.0 Å². The lowest BCUT2D eigenvalue weighted by Crippen LogP contribution is -2.61. The van der Waals surface area contributed by atoms with Gasteiger partial charge in [0.25, 0.3) is 5.91 Å². The number of nitrogens with zero attached hydrogens (tertiary/aromatic N) is 2. The van der Waals surface area contributed by atoms with Gasteiger partial charge in [0, 0.05) is 50.7 Å². The first-order chi connectivity index (χ1) is 38.5. The summed E-state index contributed by atoms with van der Waals surface area (Å²) in [6.07, 6.45) is -9.28. The number of likely N-dealkylation sites (N-methyl/N-ethyl adjacent to an activating group) is 2. The number of rotatable bonds is 16. The Bertz CT molecular complexity index is 2430. The largest absolute Gasteiger partial charge is 0.497 e. The highest BCUT2D eigenvalue weighted by atomic mass is 16.7. The fraction of sp³-hybridized carbons (Fsp3) is 0.695. The number of carbonyl (C=O) groups is 4. The lowest BCUT2D eigenvalue weighted by atomic mass is 9.77. The Balaban J connectivity index is 1.47. The molecule has 0 aliphatic carbocycles. The molecule has 0 unspecified atom stereocenters. The molecular formula is C59H93N5O18. The van der Waals surface area contributed by atoms with Crippen LogP contribution in [0.4, 0.5) is 9.59 Å². The van der Waals surface area contributed by atoms with Crippen LogP contribution < -0.4 is 30.4 Å². The van der Waals surface area contributed by atoms with Crippen molar-refractivity contribution in [1.29, 1.82) is 0 Å². The molecule has 2 aromatic carbocycles. The van der Waals surface area contributed by atoms with Gasteiger partial charge in [-0.3, -0.25) is 19.9 Å². The Morgan fingerprint density at radius 1 is 0.829 bits per heavy atom. The molecule has 0 bridgehead atoms. The average molecular weight is 1160 g/mol. The van der Waals surface area contributed by atoms with Crippen molar-refractivity contribution < 1.29 is 86.6 Å². The third-order valence-corrected chi connectivity index (χ3v) is 16.3. The molecular weight excluding hydrogens is 1070 g/mol. The summed E-state index contributed by atoms with van der Waals surface area (Å²) in [7, 11) is 11.5. The average Bonchev–Trinajstić information content (AvgIpc) is 3.65. The van der Waals surface area contributed by atoms with Crippen molar-refractivity contribution >= 4 is 30.1 Å². The zero-order valence-electron chi connectivity index (χ0n) is 51.0. The molecule has 0 spiro atoms. The quantitative estimate of drug-likeness (QED) is 0.0536. The number of carbonyl (C=O) groups excluding carboxylic acids is 4. The number of benzene rings is 2. The standard InChI is InChI=1S/C59H93N5O18/c1-18-45-59(10,71)51(81-55(68)60-31-40-19-23-41(72-14)24-20-40)37(6)64(13)32-33(2)29-57(8,70)50(80-54-48(66)42(63(11)12)27-34(3)76-54)35(4)49(36(5)53(67)78-45)79-47-30-58(9,75-17)52(38(7)77-47)82-56(69)62-61-46(65)26-22-39-21-25-43(73-15)44(28-39)74-16/h19-26,28,33-38,42,45,47-52,54,66,70-71H,18,27,29-32H2,1-17H3,(H,60,68)(H,61,65)(H,62,69)/b26-22+/t33-,34-,35-,36-,37-,38+,42+,45+,47+,48-,49+,50-,51-,52+,54+,57-,58-,59-/m0/s1. The third-order valence-electron chi connectivity index (χ3n) is 16.3. The number of hydrazine groups is 1. The van der Waals surface area contributed by atoms with Crippen LogP contribution in [0, 0.1) is 17.8 Å². The highest BCUT2D eigenvalue weighted by Gasteiger charge is 2.54. The van der Waals surface area contributed by atoms with Crippen LogP contribution in [0.15, 0.2) is 48.5 Å². The fourth-order valence-electron chi connectivity index (χ4n) is 11.6. The molecule has 82 heavy (non-hydrogen) atoms. The summed E-state index contributed by atoms with van der Waals surface area (Å²) in [5.41, 5.74) is 0.968. The van der Waals surface area contributed by atoms with Crippen molar-refractivity contribution in [3.05, 3.63) is 59.7 Å². The summed E-state index contributed by atoms with van der Waals surface area (Å²) >= 11 is 0. The predicted molar refractivity (Wildman–Crippen MR) is 302 cm³/mol. The van der Waals surface area contributed by atoms with E-state index in [4.69, 9.17) is 52.1 Å². The summed E-state index contributed by atoms with van der Waals surface area (Å²) in [4.78, 5) is 58.7. The van der Waals surface area contributed by atoms with E-state index in [0.717, 1.165) is 5.56 Å². The van der Waals surface area contributed by atoms with Crippen molar-refractivity contribution in [3.63, 3.8) is 0 Å². The monoisotopic (exact) mass is 1160 g/mol. The Hall–Kier alpha value is -5.34. The van der Waals surface area contributed by atoms with E-state index in [1.165, 1.54) is 40.4 Å². The summed E-state index contributed by atoms with van der Waals surface area (Å²) in [6, 6.07) is 11.2. The molecule has 5 rings (SSSR count). The van der Waals surface area contributed by atoms with Crippen LogP contribution in [0.1, 0.15) is 106 Å². The second-order valence-electron chi connectivity index (χ2n) is 23.2. The van der Waals surface area contributed by atoms with Crippen LogP contribution in [-0.2, 0) is 54.0 Å². The van der Waals surface area contributed by atoms with E-state index in [9.17, 15) is 29.7 Å². The molecule has 23 nitrogen and oxygen atoms in total. The van der Waals surface area contributed by atoms with Gasteiger partial charge in [-0.05, 0) is 136 Å². The molecule has 462 valence electrons. The number of ether oxygens (including phenoxy) is 11. The van der Waals surface area contributed by atoms with E-state index >= 15 is 4.79 Å². The first kappa shape index (κ1) is 67.5. The molecule has 6 N–H and O–H groups in total. The molecule has 2 aromatic rings. The Morgan fingerprint density at radius 3 is 2.10 bits per heavy atom. The molecule has 23 heteroatoms. The molecule has 0 aromatic heterocycles. The molecule has 3 aliphatic rings. The van der Waals surface area contributed by atoms with Crippen LogP contribution in [0.3, 0.4) is 0 Å². The van der Waals surface area contributed by atoms with Crippen LogP contribution in [0.2, 0.25) is 0 Å². The van der Waals surface area contributed by atoms with E-state index in [1.807, 2.05) is 44.8 Å². The lowest BCUT2D eigenvalue weighted by molar-refractivity contribution is -0.317. The van der Waals surface area contributed by atoms with Gasteiger partial charge in [0.1, 0.15) is 29.2 Å². The van der Waals surface area contributed by atoms with E-state index in [1.54, 1.807) is 98.0 Å². The maximum absolute atomic E-state index is 15.0. The molecule has 0 saturated carbocycles. The number of nitrogens with one attached hydrogen (secondary N) is 3. The van der Waals surface area contributed by atoms with E-state index < -0.39 is 114 Å². The molecule has 0 radical (unpaired) electrons. The second kappa shape index (κ2) is 29.5. The maximum Gasteiger partial charge on any atom is 0.426 e. The van der Waals surface area contributed by atoms with Crippen LogP contribution >= 0.6 is 0 Å². The van der Waals surface area contributed by atoms with Crippen molar-refractivity contribution in [2.75, 3.05) is 56.1 Å². The van der Waals surface area contributed by atoms with Gasteiger partial charge in [0.2, 0.25) is 0 Å². The summed E-state index contributed by atoms with van der Waals surface area (Å²) in [5, 5.41) is 40.3. The topological polar surface area (TPSA) is 273 Å². The van der Waals surface area contributed by atoms with Crippen molar-refractivity contribution in [2.24, 2.45) is 17.8 Å². The van der Waals surface area contributed by atoms with Crippen LogP contribution in [-0.4, -0.2) is 196 Å². The first-order valence-electron chi connectivity index (χ1n) is 28.1. The number of alkyl carbamates (subject to hydrolysis) is 1. The number of cyclic esters (lactones) is 1. The number of aliphatic hydroxyl groups excluding tert-OH is 1. The highest BCUT2D eigenvalue weighted by molar-refractivity contribution is 5.92. The van der Waals surface area contributed by atoms with Gasteiger partial charge in [0.05, 0.1) is 57.3 Å². The molecule has 3 aliphatic heterocycles. The Labute approximate surface area is 483 Å². The number of hydrogen-bond acceptors (Lipinski definition) is 20. The van der Waals surface area contributed by atoms with Crippen LogP contribution in [0.25, 0.3) is 6.08 Å². The van der Waals surface area contributed by atoms with Crippen molar-refractivity contribution in [3.8, 4) is 17.2 Å². The van der Waals surface area contributed by atoms with E-state index in [-0.39, 0.29) is 43.9 Å². The van der Waals surface area contributed by atoms with Gasteiger partial charge >= 0.3 is 18.2 Å². The minimum Gasteiger partial charge on any atom is -0.497 e. The van der Waals surface area contributed by atoms with Gasteiger partial charge in [-0.15, -0.1) is 0 Å². The predicted octanol–water partition coefficient (Wildman–Crippen LogP) is 5.34. The minimum absolute atomic E-state index is 0.0707. The minimum atomic E-state index is -1.99. The molecule has 3 saturated heterocycles. The highest BCUT2D eigenvalue weighted by Crippen LogP contribution is 2.41. The van der Waals surface area contributed by atoms with Crippen molar-refractivity contribution in [2.45, 2.75) is 192 Å². The fourth-order valence-corrected chi connectivity index (χ4v) is 11.6. The summed E-state index contributed by atoms with van der Waals surface area (Å²) < 4.78 is 66.9. The number of esters is 1. The van der Waals surface area contributed by atoms with Gasteiger partial charge in [-0.1, -0.05) is 39.0 Å². The van der Waals surface area contributed by atoms with Gasteiger partial charge in [-0.25, -0.2) is 15.0 Å². The summed E-state index contributed by atoms with van der Waals surface area (Å²) in [6.45, 7) is 17.6. The maximum atomic E-state index is 15.0. The smallest absolute Gasteiger partial charge is 0.426 e. The van der Waals surface area contributed by atoms with Crippen LogP contribution in [0.5, 0.6) is 17.2 Å². The molecule has 3 amide bonds. The Kier molecular flexibility index (Phi) is 24.2. The zero-order chi connectivity index (χ0) is 61.0. The Morgan fingerprint density at radius 2 is 1.49 bits per heavy atom. The summed E-state index contributed by atoms with van der Waals surface area (Å²) in [5.74, 6) is -2.24. The zero-order valence-corrected chi connectivity index (χ0v) is 51.0. The molecule has 3 heterocycles. The van der Waals surface area contributed by atoms with Gasteiger partial charge < -0.3 is 77.6 Å². The normalized spacial score (nSPS) is 35.3. The van der Waals surface area contributed by atoms with E-state index in [0.29, 0.717) is 35.8 Å².